The molecule has 0 heterocycles. The Morgan fingerprint density at radius 3 is 0.250 bits per heavy atom. The Morgan fingerprint density at radius 2 is 0.250 bits per heavy atom. The van der Waals surface area contributed by atoms with Crippen molar-refractivity contribution in [2.75, 3.05) is 0 Å². The Balaban J connectivity index is -0.0000000150. The van der Waals surface area contributed by atoms with Crippen LogP contribution in [0.3, 0.4) is 0 Å². The average molecular weight is 343 g/mol. The molecule has 0 saturated heterocycles. The monoisotopic (exact) mass is 344 g/mol. The van der Waals surface area contributed by atoms with Gasteiger partial charge in [-0.05, 0) is 0 Å². The summed E-state index contributed by atoms with van der Waals surface area (Å²) in [6.07, 6.45) is 0. The molecule has 0 amide bonds. The SMILES string of the molecule is [Al+3].[Al+3].[Al+3].[Al+3].[O-]B([O-])[O-].[O-]B([O-])[O-].[O-]B([O-])[O-].[O-]B([O-])[O-]. The van der Waals surface area contributed by atoms with Gasteiger partial charge in [0.1, 0.15) is 0 Å². The summed E-state index contributed by atoms with van der Waals surface area (Å²) < 4.78 is 0. The van der Waals surface area contributed by atoms with Crippen molar-refractivity contribution in [1.82, 2.24) is 0 Å². The molecule has 0 unspecified atom stereocenters. The topological polar surface area (TPSA) is 277 Å². The first-order valence-corrected chi connectivity index (χ1v) is 2.83. The van der Waals surface area contributed by atoms with Crippen molar-refractivity contribution in [3.63, 3.8) is 0 Å². The van der Waals surface area contributed by atoms with Crippen molar-refractivity contribution in [3.05, 3.63) is 0 Å². The molecule has 0 atom stereocenters. The van der Waals surface area contributed by atoms with Crippen LogP contribution in [-0.2, 0) is 0 Å². The van der Waals surface area contributed by atoms with Gasteiger partial charge < -0.3 is 60.3 Å². The molecule has 0 radical (unpaired) electrons. The number of hydrogen-bond acceptors (Lipinski definition) is 12. The molecular weight excluding hydrogens is 343 g/mol. The Kier molecular flexibility index (Phi) is 106. The Labute approximate surface area is 158 Å². The van der Waals surface area contributed by atoms with Crippen LogP contribution in [0, 0.1) is 0 Å². The number of rotatable bonds is 0. The molecule has 0 fully saturated rings. The normalized spacial score (nSPS) is 5.40. The molecule has 0 aromatic carbocycles. The molecule has 0 bridgehead atoms. The molecule has 20 heteroatoms. The van der Waals surface area contributed by atoms with Gasteiger partial charge >= 0.3 is 69.4 Å². The van der Waals surface area contributed by atoms with E-state index in [2.05, 4.69) is 0 Å². The third-order valence-electron chi connectivity index (χ3n) is 0. The maximum Gasteiger partial charge on any atom is 3.00 e. The van der Waals surface area contributed by atoms with Crippen molar-refractivity contribution in [2.24, 2.45) is 0 Å². The average Bonchev–Trinajstić information content (AvgIpc) is 1.76. The van der Waals surface area contributed by atoms with E-state index < -0.39 is 29.3 Å². The molecule has 0 rings (SSSR count). The molecule has 0 aromatic heterocycles. The predicted octanol–water partition coefficient (Wildman–Crippen LogP) is -17.3. The van der Waals surface area contributed by atoms with Crippen LogP contribution in [0.4, 0.5) is 0 Å². The quantitative estimate of drug-likeness (QED) is 0.370. The summed E-state index contributed by atoms with van der Waals surface area (Å²) in [7, 11) is -11.7. The van der Waals surface area contributed by atoms with Crippen LogP contribution in [0.2, 0.25) is 0 Å². The summed E-state index contributed by atoms with van der Waals surface area (Å²) in [5, 5.41) is 101. The second-order valence-corrected chi connectivity index (χ2v) is 1.15. The van der Waals surface area contributed by atoms with E-state index in [9.17, 15) is 0 Å². The molecule has 0 saturated carbocycles. The van der Waals surface area contributed by atoms with Crippen LogP contribution in [0.1, 0.15) is 0 Å². The van der Waals surface area contributed by atoms with Crippen LogP contribution >= 0.6 is 0 Å². The molecule has 0 aliphatic heterocycles. The molecular formula is Al4B4O12. The number of hydrogen-bond donors (Lipinski definition) is 0. The van der Waals surface area contributed by atoms with Gasteiger partial charge in [0.05, 0.1) is 0 Å². The first kappa shape index (κ1) is 49.5. The van der Waals surface area contributed by atoms with Crippen LogP contribution in [0.25, 0.3) is 0 Å². The van der Waals surface area contributed by atoms with Crippen molar-refractivity contribution >= 4 is 98.7 Å². The minimum absolute atomic E-state index is 0. The summed E-state index contributed by atoms with van der Waals surface area (Å²) >= 11 is 0. The van der Waals surface area contributed by atoms with E-state index in [0.717, 1.165) is 0 Å². The maximum atomic E-state index is 8.42. The minimum Gasteiger partial charge on any atom is -0.907 e. The van der Waals surface area contributed by atoms with E-state index in [1.165, 1.54) is 0 Å². The fourth-order valence-corrected chi connectivity index (χ4v) is 0. The molecule has 20 heavy (non-hydrogen) atoms. The van der Waals surface area contributed by atoms with Gasteiger partial charge in [-0.25, -0.2) is 0 Å². The summed E-state index contributed by atoms with van der Waals surface area (Å²) in [4.78, 5) is 0. The van der Waals surface area contributed by atoms with E-state index in [4.69, 9.17) is 60.3 Å². The summed E-state index contributed by atoms with van der Waals surface area (Å²) in [6, 6.07) is 0. The molecule has 96 valence electrons. The Hall–Kier alpha value is 1.91. The van der Waals surface area contributed by atoms with Gasteiger partial charge in [-0.1, -0.05) is 0 Å². The van der Waals surface area contributed by atoms with Gasteiger partial charge in [-0.3, -0.25) is 29.3 Å². The van der Waals surface area contributed by atoms with Gasteiger partial charge in [0.15, 0.2) is 0 Å². The van der Waals surface area contributed by atoms with Crippen molar-refractivity contribution < 1.29 is 60.3 Å². The van der Waals surface area contributed by atoms with E-state index in [-0.39, 0.29) is 69.4 Å². The third kappa shape index (κ3) is 1950. The van der Waals surface area contributed by atoms with Crippen LogP contribution in [0.5, 0.6) is 0 Å². The molecule has 0 aromatic rings. The van der Waals surface area contributed by atoms with Gasteiger partial charge in [-0.15, -0.1) is 0 Å². The van der Waals surface area contributed by atoms with Crippen molar-refractivity contribution in [3.8, 4) is 0 Å². The minimum atomic E-state index is -2.92. The fourth-order valence-electron chi connectivity index (χ4n) is 0. The summed E-state index contributed by atoms with van der Waals surface area (Å²) in [5.41, 5.74) is 0. The van der Waals surface area contributed by atoms with Crippen LogP contribution in [-0.4, -0.2) is 98.7 Å². The second-order valence-electron chi connectivity index (χ2n) is 1.15. The van der Waals surface area contributed by atoms with Crippen LogP contribution < -0.4 is 60.3 Å². The van der Waals surface area contributed by atoms with Gasteiger partial charge in [0, 0.05) is 0 Å². The van der Waals surface area contributed by atoms with Gasteiger partial charge in [0.25, 0.3) is 0 Å². The van der Waals surface area contributed by atoms with E-state index >= 15 is 0 Å². The Bertz CT molecular complexity index is 70.4. The second kappa shape index (κ2) is 42.8. The zero-order valence-corrected chi connectivity index (χ0v) is 14.1. The summed E-state index contributed by atoms with van der Waals surface area (Å²) in [5.74, 6) is 0. The first-order valence-electron chi connectivity index (χ1n) is 2.83. The predicted molar refractivity (Wildman–Crippen MR) is 46.0 cm³/mol. The molecule has 0 N–H and O–H groups in total. The largest absolute Gasteiger partial charge is 3.00 e. The first-order chi connectivity index (χ1) is 6.93. The zero-order valence-electron chi connectivity index (χ0n) is 9.52. The molecule has 0 aliphatic rings. The fraction of sp³-hybridized carbons (Fsp3) is 0. The smallest absolute Gasteiger partial charge is 0.907 e. The molecule has 12 nitrogen and oxygen atoms in total. The standard InChI is InChI=1S/4Al.4BO3/c;;;;4*2-1(3)4/q4*+3;4*-3. The molecule has 0 aliphatic carbocycles. The van der Waals surface area contributed by atoms with Crippen molar-refractivity contribution in [2.45, 2.75) is 0 Å². The summed E-state index contributed by atoms with van der Waals surface area (Å²) in [6.45, 7) is 0. The Morgan fingerprint density at radius 1 is 0.250 bits per heavy atom. The zero-order chi connectivity index (χ0) is 14.3. The van der Waals surface area contributed by atoms with Gasteiger partial charge in [0.2, 0.25) is 0 Å². The van der Waals surface area contributed by atoms with E-state index in [0.29, 0.717) is 0 Å². The van der Waals surface area contributed by atoms with Crippen LogP contribution in [0.15, 0.2) is 0 Å². The maximum absolute atomic E-state index is 8.42. The van der Waals surface area contributed by atoms with Gasteiger partial charge in [-0.2, -0.15) is 0 Å². The van der Waals surface area contributed by atoms with Crippen molar-refractivity contribution in [1.29, 1.82) is 0 Å². The van der Waals surface area contributed by atoms with E-state index in [1.807, 2.05) is 0 Å². The van der Waals surface area contributed by atoms with E-state index in [1.54, 1.807) is 0 Å². The molecule has 0 spiro atoms. The third-order valence-corrected chi connectivity index (χ3v) is 0.